The van der Waals surface area contributed by atoms with Crippen LogP contribution >= 0.6 is 0 Å². The van der Waals surface area contributed by atoms with Gasteiger partial charge in [0.1, 0.15) is 0 Å². The molecule has 1 unspecified atom stereocenters. The van der Waals surface area contributed by atoms with E-state index in [-0.39, 0.29) is 12.1 Å². The molecule has 1 saturated heterocycles. The molecule has 4 nitrogen and oxygen atoms in total. The summed E-state index contributed by atoms with van der Waals surface area (Å²) in [7, 11) is 0. The fraction of sp³-hybridized carbons (Fsp3) is 0.533. The monoisotopic (exact) mass is 261 g/mol. The minimum absolute atomic E-state index is 0.0426. The fourth-order valence-electron chi connectivity index (χ4n) is 2.63. The lowest BCUT2D eigenvalue weighted by molar-refractivity contribution is -0.119. The van der Waals surface area contributed by atoms with Gasteiger partial charge in [-0.1, -0.05) is 25.1 Å². The lowest BCUT2D eigenvalue weighted by Crippen LogP contribution is -2.59. The number of piperazine rings is 1. The largest absolute Gasteiger partial charge is 0.312 e. The van der Waals surface area contributed by atoms with Crippen LogP contribution in [0, 0.1) is 13.8 Å². The number of hydrogen-bond donors (Lipinski definition) is 2. The number of carbonyl (C=O) groups excluding carboxylic acids is 1. The molecule has 19 heavy (non-hydrogen) atoms. The molecule has 0 saturated carbocycles. The number of hydrogen-bond acceptors (Lipinski definition) is 3. The standard InChI is InChI=1S/C15H23N3O/c1-4-14(19)18(13-10-16-8-9-17-13)15-11(2)6-5-7-12(15)3/h5-7,13,16-17H,4,8-10H2,1-3H3. The van der Waals surface area contributed by atoms with Gasteiger partial charge in [0.05, 0.1) is 11.9 Å². The summed E-state index contributed by atoms with van der Waals surface area (Å²) < 4.78 is 0. The topological polar surface area (TPSA) is 44.4 Å². The summed E-state index contributed by atoms with van der Waals surface area (Å²) >= 11 is 0. The van der Waals surface area contributed by atoms with Crippen molar-refractivity contribution in [2.75, 3.05) is 24.5 Å². The van der Waals surface area contributed by atoms with Gasteiger partial charge in [0.25, 0.3) is 0 Å². The SMILES string of the molecule is CCC(=O)N(c1c(C)cccc1C)C1CNCCN1. The molecule has 0 aliphatic carbocycles. The maximum atomic E-state index is 12.4. The van der Waals surface area contributed by atoms with Gasteiger partial charge in [-0.15, -0.1) is 0 Å². The second-order valence-electron chi connectivity index (χ2n) is 5.03. The summed E-state index contributed by atoms with van der Waals surface area (Å²) in [5.41, 5.74) is 3.35. The maximum Gasteiger partial charge on any atom is 0.228 e. The van der Waals surface area contributed by atoms with E-state index in [1.165, 1.54) is 0 Å². The predicted octanol–water partition coefficient (Wildman–Crippen LogP) is 1.57. The van der Waals surface area contributed by atoms with E-state index in [4.69, 9.17) is 0 Å². The summed E-state index contributed by atoms with van der Waals surface area (Å²) in [6, 6.07) is 6.17. The Hall–Kier alpha value is -1.39. The summed E-state index contributed by atoms with van der Waals surface area (Å²) in [6.45, 7) is 8.68. The van der Waals surface area contributed by atoms with Crippen LogP contribution in [0.1, 0.15) is 24.5 Å². The van der Waals surface area contributed by atoms with Crippen molar-refractivity contribution >= 4 is 11.6 Å². The maximum absolute atomic E-state index is 12.4. The van der Waals surface area contributed by atoms with Crippen molar-refractivity contribution in [2.45, 2.75) is 33.4 Å². The van der Waals surface area contributed by atoms with Crippen LogP contribution in [0.5, 0.6) is 0 Å². The molecule has 0 bridgehead atoms. The van der Waals surface area contributed by atoms with E-state index in [2.05, 4.69) is 36.6 Å². The Kier molecular flexibility index (Phi) is 4.56. The fourth-order valence-corrected chi connectivity index (χ4v) is 2.63. The van der Waals surface area contributed by atoms with Crippen molar-refractivity contribution in [1.29, 1.82) is 0 Å². The molecule has 1 fully saturated rings. The highest BCUT2D eigenvalue weighted by Crippen LogP contribution is 2.26. The van der Waals surface area contributed by atoms with Crippen molar-refractivity contribution in [2.24, 2.45) is 0 Å². The van der Waals surface area contributed by atoms with Crippen LogP contribution in [0.3, 0.4) is 0 Å². The smallest absolute Gasteiger partial charge is 0.228 e. The average molecular weight is 261 g/mol. The van der Waals surface area contributed by atoms with E-state index < -0.39 is 0 Å². The summed E-state index contributed by atoms with van der Waals surface area (Å²) in [6.07, 6.45) is 0.562. The Morgan fingerprint density at radius 3 is 2.53 bits per heavy atom. The van der Waals surface area contributed by atoms with E-state index in [1.54, 1.807) is 0 Å². The molecule has 1 aliphatic rings. The zero-order chi connectivity index (χ0) is 13.8. The van der Waals surface area contributed by atoms with Gasteiger partial charge >= 0.3 is 0 Å². The lowest BCUT2D eigenvalue weighted by Gasteiger charge is -2.37. The molecule has 0 spiro atoms. The van der Waals surface area contributed by atoms with Crippen LogP contribution in [0.15, 0.2) is 18.2 Å². The first kappa shape index (κ1) is 14.0. The normalized spacial score (nSPS) is 19.2. The van der Waals surface area contributed by atoms with E-state index in [9.17, 15) is 4.79 Å². The molecule has 4 heteroatoms. The van der Waals surface area contributed by atoms with Crippen LogP contribution in [-0.4, -0.2) is 31.7 Å². The first-order valence-corrected chi connectivity index (χ1v) is 6.97. The lowest BCUT2D eigenvalue weighted by atomic mass is 10.1. The highest BCUT2D eigenvalue weighted by atomic mass is 16.2. The van der Waals surface area contributed by atoms with Crippen molar-refractivity contribution in [3.8, 4) is 0 Å². The zero-order valence-electron chi connectivity index (χ0n) is 12.0. The van der Waals surface area contributed by atoms with Crippen molar-refractivity contribution in [3.05, 3.63) is 29.3 Å². The average Bonchev–Trinajstić information content (AvgIpc) is 2.43. The highest BCUT2D eigenvalue weighted by Gasteiger charge is 2.27. The van der Waals surface area contributed by atoms with Crippen LogP contribution in [0.4, 0.5) is 5.69 Å². The van der Waals surface area contributed by atoms with Crippen LogP contribution in [0.25, 0.3) is 0 Å². The van der Waals surface area contributed by atoms with Gasteiger partial charge in [-0.3, -0.25) is 15.0 Å². The van der Waals surface area contributed by atoms with E-state index >= 15 is 0 Å². The summed E-state index contributed by atoms with van der Waals surface area (Å²) in [5, 5.41) is 6.78. The third kappa shape index (κ3) is 2.96. The Labute approximate surface area is 115 Å². The third-order valence-corrected chi connectivity index (χ3v) is 3.58. The molecule has 1 heterocycles. The van der Waals surface area contributed by atoms with Gasteiger partial charge in [-0.2, -0.15) is 0 Å². The minimum Gasteiger partial charge on any atom is -0.312 e. The van der Waals surface area contributed by atoms with Crippen LogP contribution in [-0.2, 0) is 4.79 Å². The molecule has 1 amide bonds. The van der Waals surface area contributed by atoms with Crippen molar-refractivity contribution in [3.63, 3.8) is 0 Å². The predicted molar refractivity (Wildman–Crippen MR) is 78.4 cm³/mol. The number of carbonyl (C=O) groups is 1. The minimum atomic E-state index is 0.0426. The Balaban J connectivity index is 2.39. The van der Waals surface area contributed by atoms with Gasteiger partial charge in [0.15, 0.2) is 0 Å². The zero-order valence-corrected chi connectivity index (χ0v) is 12.0. The van der Waals surface area contributed by atoms with Crippen molar-refractivity contribution < 1.29 is 4.79 Å². The van der Waals surface area contributed by atoms with Crippen LogP contribution < -0.4 is 15.5 Å². The number of nitrogens with zero attached hydrogens (tertiary/aromatic N) is 1. The molecule has 2 N–H and O–H groups in total. The van der Waals surface area contributed by atoms with Gasteiger partial charge in [0, 0.05) is 26.1 Å². The van der Waals surface area contributed by atoms with E-state index in [0.717, 1.165) is 36.4 Å². The molecule has 104 valence electrons. The Morgan fingerprint density at radius 2 is 2.00 bits per heavy atom. The number of nitrogens with one attached hydrogen (secondary N) is 2. The van der Waals surface area contributed by atoms with E-state index in [0.29, 0.717) is 6.42 Å². The summed E-state index contributed by atoms with van der Waals surface area (Å²) in [4.78, 5) is 14.3. The third-order valence-electron chi connectivity index (χ3n) is 3.58. The van der Waals surface area contributed by atoms with Gasteiger partial charge in [-0.25, -0.2) is 0 Å². The van der Waals surface area contributed by atoms with Crippen molar-refractivity contribution in [1.82, 2.24) is 10.6 Å². The first-order valence-electron chi connectivity index (χ1n) is 6.97. The van der Waals surface area contributed by atoms with Gasteiger partial charge in [0.2, 0.25) is 5.91 Å². The number of aryl methyl sites for hydroxylation is 2. The van der Waals surface area contributed by atoms with E-state index in [1.807, 2.05) is 17.9 Å². The second kappa shape index (κ2) is 6.17. The number of amides is 1. The second-order valence-corrected chi connectivity index (χ2v) is 5.03. The number of para-hydroxylation sites is 1. The van der Waals surface area contributed by atoms with Gasteiger partial charge in [-0.05, 0) is 25.0 Å². The summed E-state index contributed by atoms with van der Waals surface area (Å²) in [5.74, 6) is 0.165. The molecule has 2 rings (SSSR count). The molecule has 0 aromatic heterocycles. The number of rotatable bonds is 3. The highest BCUT2D eigenvalue weighted by molar-refractivity contribution is 5.95. The molecule has 1 aromatic carbocycles. The quantitative estimate of drug-likeness (QED) is 0.868. The molecule has 1 aromatic rings. The molecule has 1 aliphatic heterocycles. The molecular formula is C15H23N3O. The number of benzene rings is 1. The number of anilines is 1. The molecule has 0 radical (unpaired) electrons. The molecule has 1 atom stereocenters. The molecular weight excluding hydrogens is 238 g/mol. The van der Waals surface area contributed by atoms with Gasteiger partial charge < -0.3 is 5.32 Å². The van der Waals surface area contributed by atoms with Crippen LogP contribution in [0.2, 0.25) is 0 Å². The Bertz CT molecular complexity index is 432. The first-order chi connectivity index (χ1) is 9.15. The Morgan fingerprint density at radius 1 is 1.32 bits per heavy atom.